The smallest absolute Gasteiger partial charge is 0.321 e. The summed E-state index contributed by atoms with van der Waals surface area (Å²) in [6, 6.07) is 14.9. The molecule has 9 heteroatoms. The van der Waals surface area contributed by atoms with Crippen molar-refractivity contribution in [2.75, 3.05) is 5.75 Å². The van der Waals surface area contributed by atoms with E-state index in [2.05, 4.69) is 20.8 Å². The average Bonchev–Trinajstić information content (AvgIpc) is 3.21. The number of ether oxygens (including phenoxy) is 1. The van der Waals surface area contributed by atoms with Crippen LogP contribution in [0.4, 0.5) is 4.79 Å². The van der Waals surface area contributed by atoms with Gasteiger partial charge in [-0.05, 0) is 36.6 Å². The molecule has 2 aromatic carbocycles. The minimum absolute atomic E-state index is 0.139. The Kier molecular flexibility index (Phi) is 8.05. The van der Waals surface area contributed by atoms with E-state index in [1.54, 1.807) is 0 Å². The van der Waals surface area contributed by atoms with E-state index in [0.717, 1.165) is 22.4 Å². The van der Waals surface area contributed by atoms with Gasteiger partial charge in [0.25, 0.3) is 11.1 Å². The molecule has 8 nitrogen and oxygen atoms in total. The SMILES string of the molecule is Cc1ccc(C)c(OCc2nnc(SCCC(=O)NC(=O)NCc3ccccc3)o2)c1. The molecule has 0 radical (unpaired) electrons. The van der Waals surface area contributed by atoms with Crippen LogP contribution in [0.2, 0.25) is 0 Å². The van der Waals surface area contributed by atoms with E-state index < -0.39 is 6.03 Å². The maximum atomic E-state index is 11.9. The van der Waals surface area contributed by atoms with Gasteiger partial charge in [0.05, 0.1) is 0 Å². The van der Waals surface area contributed by atoms with Crippen LogP contribution in [0, 0.1) is 13.8 Å². The molecular formula is C22H24N4O4S. The molecule has 2 N–H and O–H groups in total. The highest BCUT2D eigenvalue weighted by Crippen LogP contribution is 2.21. The third-order valence-corrected chi connectivity index (χ3v) is 5.07. The number of hydrogen-bond acceptors (Lipinski definition) is 7. The molecule has 31 heavy (non-hydrogen) atoms. The molecular weight excluding hydrogens is 416 g/mol. The minimum atomic E-state index is -0.525. The van der Waals surface area contributed by atoms with Gasteiger partial charge in [0.1, 0.15) is 5.75 Å². The fraction of sp³-hybridized carbons (Fsp3) is 0.273. The fourth-order valence-electron chi connectivity index (χ4n) is 2.60. The Hall–Kier alpha value is -3.33. The summed E-state index contributed by atoms with van der Waals surface area (Å²) in [6.45, 7) is 4.48. The number of amides is 3. The summed E-state index contributed by atoms with van der Waals surface area (Å²) in [5.74, 6) is 1.15. The standard InChI is InChI=1S/C22H24N4O4S/c1-15-8-9-16(2)18(12-15)29-14-20-25-26-22(30-20)31-11-10-19(27)24-21(28)23-13-17-6-4-3-5-7-17/h3-9,12H,10-11,13-14H2,1-2H3,(H2,23,24,27,28). The number of thioether (sulfide) groups is 1. The summed E-state index contributed by atoms with van der Waals surface area (Å²) in [5.41, 5.74) is 3.09. The van der Waals surface area contributed by atoms with Crippen LogP contribution in [0.25, 0.3) is 0 Å². The number of nitrogens with one attached hydrogen (secondary N) is 2. The lowest BCUT2D eigenvalue weighted by atomic mass is 10.1. The Labute approximate surface area is 184 Å². The number of imide groups is 1. The summed E-state index contributed by atoms with van der Waals surface area (Å²) >= 11 is 1.25. The van der Waals surface area contributed by atoms with Gasteiger partial charge in [0, 0.05) is 18.7 Å². The van der Waals surface area contributed by atoms with Crippen molar-refractivity contribution in [1.29, 1.82) is 0 Å². The highest BCUT2D eigenvalue weighted by Gasteiger charge is 2.11. The zero-order valence-corrected chi connectivity index (χ0v) is 18.2. The summed E-state index contributed by atoms with van der Waals surface area (Å²) in [4.78, 5) is 23.7. The van der Waals surface area contributed by atoms with Gasteiger partial charge in [-0.1, -0.05) is 54.2 Å². The van der Waals surface area contributed by atoms with Gasteiger partial charge in [-0.2, -0.15) is 0 Å². The van der Waals surface area contributed by atoms with E-state index in [4.69, 9.17) is 9.15 Å². The molecule has 3 amide bonds. The zero-order chi connectivity index (χ0) is 22.1. The Bertz CT molecular complexity index is 1020. The number of carbonyl (C=O) groups excluding carboxylic acids is 2. The predicted octanol–water partition coefficient (Wildman–Crippen LogP) is 3.77. The van der Waals surface area contributed by atoms with Gasteiger partial charge < -0.3 is 14.5 Å². The molecule has 0 atom stereocenters. The third kappa shape index (κ3) is 7.45. The topological polar surface area (TPSA) is 106 Å². The molecule has 3 rings (SSSR count). The first kappa shape index (κ1) is 22.4. The first-order valence-corrected chi connectivity index (χ1v) is 10.7. The van der Waals surface area contributed by atoms with Crippen molar-refractivity contribution < 1.29 is 18.7 Å². The summed E-state index contributed by atoms with van der Waals surface area (Å²) in [7, 11) is 0. The molecule has 3 aromatic rings. The van der Waals surface area contributed by atoms with E-state index in [1.165, 1.54) is 11.8 Å². The molecule has 1 heterocycles. The Balaban J connectivity index is 1.35. The van der Waals surface area contributed by atoms with Crippen LogP contribution < -0.4 is 15.4 Å². The number of benzene rings is 2. The number of hydrogen-bond donors (Lipinski definition) is 2. The van der Waals surface area contributed by atoms with Crippen molar-refractivity contribution in [1.82, 2.24) is 20.8 Å². The van der Waals surface area contributed by atoms with Crippen LogP contribution in [0.15, 0.2) is 58.2 Å². The van der Waals surface area contributed by atoms with E-state index in [0.29, 0.717) is 23.4 Å². The maximum absolute atomic E-state index is 11.9. The van der Waals surface area contributed by atoms with Crippen molar-refractivity contribution in [3.8, 4) is 5.75 Å². The number of carbonyl (C=O) groups is 2. The number of aryl methyl sites for hydroxylation is 2. The molecule has 0 fully saturated rings. The number of aromatic nitrogens is 2. The maximum Gasteiger partial charge on any atom is 0.321 e. The number of rotatable bonds is 9. The van der Waals surface area contributed by atoms with E-state index in [-0.39, 0.29) is 18.9 Å². The van der Waals surface area contributed by atoms with E-state index in [9.17, 15) is 9.59 Å². The van der Waals surface area contributed by atoms with Crippen molar-refractivity contribution in [3.05, 3.63) is 71.1 Å². The molecule has 0 aliphatic carbocycles. The monoisotopic (exact) mass is 440 g/mol. The molecule has 162 valence electrons. The van der Waals surface area contributed by atoms with Gasteiger partial charge in [-0.15, -0.1) is 10.2 Å². The van der Waals surface area contributed by atoms with Crippen molar-refractivity contribution in [3.63, 3.8) is 0 Å². The summed E-state index contributed by atoms with van der Waals surface area (Å²) in [5, 5.41) is 13.2. The van der Waals surface area contributed by atoms with Crippen LogP contribution >= 0.6 is 11.8 Å². The minimum Gasteiger partial charge on any atom is -0.484 e. The largest absolute Gasteiger partial charge is 0.484 e. The summed E-state index contributed by atoms with van der Waals surface area (Å²) in [6.07, 6.45) is 0.139. The van der Waals surface area contributed by atoms with E-state index in [1.807, 2.05) is 62.4 Å². The second-order valence-corrected chi connectivity index (χ2v) is 7.88. The normalized spacial score (nSPS) is 10.5. The zero-order valence-electron chi connectivity index (χ0n) is 17.4. The molecule has 0 saturated heterocycles. The lowest BCUT2D eigenvalue weighted by Crippen LogP contribution is -2.39. The van der Waals surface area contributed by atoms with Crippen molar-refractivity contribution >= 4 is 23.7 Å². The lowest BCUT2D eigenvalue weighted by molar-refractivity contribution is -0.119. The van der Waals surface area contributed by atoms with E-state index >= 15 is 0 Å². The second kappa shape index (κ2) is 11.2. The molecule has 0 spiro atoms. The molecule has 1 aromatic heterocycles. The highest BCUT2D eigenvalue weighted by molar-refractivity contribution is 7.99. The van der Waals surface area contributed by atoms with Gasteiger partial charge in [-0.3, -0.25) is 10.1 Å². The number of nitrogens with zero attached hydrogens (tertiary/aromatic N) is 2. The quantitative estimate of drug-likeness (QED) is 0.488. The lowest BCUT2D eigenvalue weighted by Gasteiger charge is -2.07. The van der Waals surface area contributed by atoms with Crippen molar-refractivity contribution in [2.45, 2.75) is 38.6 Å². The van der Waals surface area contributed by atoms with Gasteiger partial charge in [0.2, 0.25) is 5.91 Å². The van der Waals surface area contributed by atoms with Crippen LogP contribution in [0.1, 0.15) is 29.0 Å². The molecule has 0 aliphatic rings. The highest BCUT2D eigenvalue weighted by atomic mass is 32.2. The molecule has 0 bridgehead atoms. The second-order valence-electron chi connectivity index (χ2n) is 6.83. The van der Waals surface area contributed by atoms with Crippen LogP contribution in [-0.2, 0) is 17.9 Å². The van der Waals surface area contributed by atoms with Crippen LogP contribution in [0.5, 0.6) is 5.75 Å². The van der Waals surface area contributed by atoms with Crippen LogP contribution in [-0.4, -0.2) is 27.9 Å². The van der Waals surface area contributed by atoms with Crippen molar-refractivity contribution in [2.24, 2.45) is 0 Å². The van der Waals surface area contributed by atoms with Gasteiger partial charge >= 0.3 is 6.03 Å². The first-order valence-electron chi connectivity index (χ1n) is 9.76. The Morgan fingerprint density at radius 1 is 1.10 bits per heavy atom. The van der Waals surface area contributed by atoms with Gasteiger partial charge in [-0.25, -0.2) is 4.79 Å². The third-order valence-electron chi connectivity index (χ3n) is 4.25. The predicted molar refractivity (Wildman–Crippen MR) is 117 cm³/mol. The average molecular weight is 441 g/mol. The Morgan fingerprint density at radius 3 is 2.71 bits per heavy atom. The fourth-order valence-corrected chi connectivity index (χ4v) is 3.32. The molecule has 0 aliphatic heterocycles. The van der Waals surface area contributed by atoms with Gasteiger partial charge in [0.15, 0.2) is 6.61 Å². The first-order chi connectivity index (χ1) is 15.0. The molecule has 0 saturated carbocycles. The number of urea groups is 1. The Morgan fingerprint density at radius 2 is 1.90 bits per heavy atom. The van der Waals surface area contributed by atoms with Crippen LogP contribution in [0.3, 0.4) is 0 Å². The summed E-state index contributed by atoms with van der Waals surface area (Å²) < 4.78 is 11.3. The molecule has 0 unspecified atom stereocenters.